The van der Waals surface area contributed by atoms with Crippen LogP contribution in [0.2, 0.25) is 0 Å². The lowest BCUT2D eigenvalue weighted by molar-refractivity contribution is -0.139. The number of alkyl halides is 3. The maximum Gasteiger partial charge on any atom is 0.419 e. The van der Waals surface area contributed by atoms with Crippen LogP contribution in [-0.4, -0.2) is 31.3 Å². The van der Waals surface area contributed by atoms with E-state index in [0.29, 0.717) is 13.0 Å². The molecule has 0 spiro atoms. The highest BCUT2D eigenvalue weighted by atomic mass is 19.4. The number of rotatable bonds is 5. The van der Waals surface area contributed by atoms with E-state index in [-0.39, 0.29) is 18.3 Å². The molecular weight excluding hydrogens is 299 g/mol. The first-order chi connectivity index (χ1) is 10.4. The van der Waals surface area contributed by atoms with Gasteiger partial charge in [-0.3, -0.25) is 4.79 Å². The smallest absolute Gasteiger partial charge is 0.419 e. The van der Waals surface area contributed by atoms with Gasteiger partial charge in [-0.05, 0) is 31.9 Å². The molecule has 1 aromatic rings. The van der Waals surface area contributed by atoms with Gasteiger partial charge >= 0.3 is 6.18 Å². The summed E-state index contributed by atoms with van der Waals surface area (Å²) in [4.78, 5) is 11.8. The molecule has 2 rings (SSSR count). The standard InChI is InChI=1S/C15H18F3NO3/c1-10(19-14(20)13-7-4-8-21-13)9-22-12-6-3-2-5-11(12)15(16,17)18/h2-3,5-6,10,13H,4,7-9H2,1H3,(H,19,20)/t10-,13-/m0/s1. The third-order valence-corrected chi connectivity index (χ3v) is 3.29. The van der Waals surface area contributed by atoms with Crippen LogP contribution in [0, 0.1) is 0 Å². The summed E-state index contributed by atoms with van der Waals surface area (Å²) in [6, 6.07) is 4.58. The Morgan fingerprint density at radius 2 is 2.18 bits per heavy atom. The highest BCUT2D eigenvalue weighted by Gasteiger charge is 2.34. The van der Waals surface area contributed by atoms with Crippen molar-refractivity contribution in [3.63, 3.8) is 0 Å². The first kappa shape index (κ1) is 16.6. The minimum absolute atomic E-state index is 0.0500. The van der Waals surface area contributed by atoms with Crippen molar-refractivity contribution >= 4 is 5.91 Å². The van der Waals surface area contributed by atoms with Crippen molar-refractivity contribution in [3.05, 3.63) is 29.8 Å². The van der Waals surface area contributed by atoms with Gasteiger partial charge in [0.05, 0.1) is 11.6 Å². The third kappa shape index (κ3) is 4.37. The SMILES string of the molecule is C[C@@H](COc1ccccc1C(F)(F)F)NC(=O)[C@@H]1CCCO1. The summed E-state index contributed by atoms with van der Waals surface area (Å²) >= 11 is 0. The lowest BCUT2D eigenvalue weighted by Gasteiger charge is -2.19. The van der Waals surface area contributed by atoms with Crippen molar-refractivity contribution in [1.82, 2.24) is 5.32 Å². The van der Waals surface area contributed by atoms with Crippen LogP contribution in [0.1, 0.15) is 25.3 Å². The fourth-order valence-corrected chi connectivity index (χ4v) is 2.20. The molecule has 0 aromatic heterocycles. The van der Waals surface area contributed by atoms with Gasteiger partial charge in [0.15, 0.2) is 0 Å². The molecule has 1 aliphatic rings. The van der Waals surface area contributed by atoms with Crippen LogP contribution < -0.4 is 10.1 Å². The van der Waals surface area contributed by atoms with Gasteiger partial charge in [0.25, 0.3) is 0 Å². The summed E-state index contributed by atoms with van der Waals surface area (Å²) in [5, 5.41) is 2.68. The van der Waals surface area contributed by atoms with Crippen LogP contribution in [0.4, 0.5) is 13.2 Å². The Kier molecular flexibility index (Phi) is 5.28. The molecule has 1 aliphatic heterocycles. The van der Waals surface area contributed by atoms with Crippen molar-refractivity contribution in [1.29, 1.82) is 0 Å². The Labute approximate surface area is 126 Å². The fourth-order valence-electron chi connectivity index (χ4n) is 2.20. The van der Waals surface area contributed by atoms with E-state index in [4.69, 9.17) is 9.47 Å². The molecule has 7 heteroatoms. The maximum absolute atomic E-state index is 12.8. The van der Waals surface area contributed by atoms with E-state index in [0.717, 1.165) is 12.5 Å². The maximum atomic E-state index is 12.8. The number of benzene rings is 1. The first-order valence-corrected chi connectivity index (χ1v) is 7.09. The number of halogens is 3. The average Bonchev–Trinajstić information content (AvgIpc) is 2.98. The molecule has 122 valence electrons. The Morgan fingerprint density at radius 1 is 1.45 bits per heavy atom. The van der Waals surface area contributed by atoms with Crippen LogP contribution >= 0.6 is 0 Å². The summed E-state index contributed by atoms with van der Waals surface area (Å²) < 4.78 is 48.9. The predicted molar refractivity (Wildman–Crippen MR) is 73.5 cm³/mol. The zero-order chi connectivity index (χ0) is 16.2. The largest absolute Gasteiger partial charge is 0.491 e. The van der Waals surface area contributed by atoms with Crippen LogP contribution in [0.25, 0.3) is 0 Å². The summed E-state index contributed by atoms with van der Waals surface area (Å²) in [5.74, 6) is -0.495. The number of carbonyl (C=O) groups is 1. The molecule has 22 heavy (non-hydrogen) atoms. The molecule has 0 radical (unpaired) electrons. The van der Waals surface area contributed by atoms with E-state index in [1.54, 1.807) is 6.92 Å². The average molecular weight is 317 g/mol. The van der Waals surface area contributed by atoms with E-state index < -0.39 is 23.9 Å². The molecule has 1 saturated heterocycles. The molecule has 1 amide bonds. The van der Waals surface area contributed by atoms with Gasteiger partial charge in [-0.2, -0.15) is 13.2 Å². The number of carbonyl (C=O) groups excluding carboxylic acids is 1. The number of hydrogen-bond donors (Lipinski definition) is 1. The highest BCUT2D eigenvalue weighted by Crippen LogP contribution is 2.35. The van der Waals surface area contributed by atoms with E-state index in [2.05, 4.69) is 5.32 Å². The Morgan fingerprint density at radius 3 is 2.82 bits per heavy atom. The van der Waals surface area contributed by atoms with Gasteiger partial charge in [0, 0.05) is 6.61 Å². The number of amides is 1. The van der Waals surface area contributed by atoms with Crippen molar-refractivity contribution in [2.75, 3.05) is 13.2 Å². The van der Waals surface area contributed by atoms with Crippen LogP contribution in [0.15, 0.2) is 24.3 Å². The Balaban J connectivity index is 1.88. The lowest BCUT2D eigenvalue weighted by Crippen LogP contribution is -2.42. The number of ether oxygens (including phenoxy) is 2. The van der Waals surface area contributed by atoms with Gasteiger partial charge in [0.1, 0.15) is 18.5 Å². The van der Waals surface area contributed by atoms with Crippen molar-refractivity contribution in [2.45, 2.75) is 38.1 Å². The second kappa shape index (κ2) is 7.00. The third-order valence-electron chi connectivity index (χ3n) is 3.29. The molecule has 0 aliphatic carbocycles. The molecule has 4 nitrogen and oxygen atoms in total. The zero-order valence-corrected chi connectivity index (χ0v) is 12.2. The Hall–Kier alpha value is -1.76. The van der Waals surface area contributed by atoms with Crippen molar-refractivity contribution in [2.24, 2.45) is 0 Å². The number of hydrogen-bond acceptors (Lipinski definition) is 3. The molecule has 1 N–H and O–H groups in total. The van der Waals surface area contributed by atoms with E-state index in [1.165, 1.54) is 18.2 Å². The monoisotopic (exact) mass is 317 g/mol. The molecule has 2 atom stereocenters. The highest BCUT2D eigenvalue weighted by molar-refractivity contribution is 5.81. The number of nitrogens with one attached hydrogen (secondary N) is 1. The number of para-hydroxylation sites is 1. The van der Waals surface area contributed by atoms with Crippen molar-refractivity contribution in [3.8, 4) is 5.75 Å². The van der Waals surface area contributed by atoms with E-state index in [1.807, 2.05) is 0 Å². The van der Waals surface area contributed by atoms with Gasteiger partial charge in [0.2, 0.25) is 5.91 Å². The molecule has 0 saturated carbocycles. The van der Waals surface area contributed by atoms with Gasteiger partial charge < -0.3 is 14.8 Å². The Bertz CT molecular complexity index is 513. The first-order valence-electron chi connectivity index (χ1n) is 7.09. The molecule has 1 heterocycles. The van der Waals surface area contributed by atoms with Gasteiger partial charge in [-0.1, -0.05) is 12.1 Å². The molecular formula is C15H18F3NO3. The summed E-state index contributed by atoms with van der Waals surface area (Å²) in [6.07, 6.45) is -3.44. The van der Waals surface area contributed by atoms with Crippen molar-refractivity contribution < 1.29 is 27.4 Å². The van der Waals surface area contributed by atoms with Gasteiger partial charge in [-0.25, -0.2) is 0 Å². The van der Waals surface area contributed by atoms with Crippen LogP contribution in [-0.2, 0) is 15.7 Å². The minimum atomic E-state index is -4.47. The second-order valence-electron chi connectivity index (χ2n) is 5.22. The molecule has 1 fully saturated rings. The quantitative estimate of drug-likeness (QED) is 0.908. The van der Waals surface area contributed by atoms with Gasteiger partial charge in [-0.15, -0.1) is 0 Å². The normalized spacial score (nSPS) is 19.7. The summed E-state index contributed by atoms with van der Waals surface area (Å²) in [5.41, 5.74) is -0.826. The van der Waals surface area contributed by atoms with E-state index >= 15 is 0 Å². The fraction of sp³-hybridized carbons (Fsp3) is 0.533. The second-order valence-corrected chi connectivity index (χ2v) is 5.22. The minimum Gasteiger partial charge on any atom is -0.491 e. The van der Waals surface area contributed by atoms with Crippen LogP contribution in [0.5, 0.6) is 5.75 Å². The topological polar surface area (TPSA) is 47.6 Å². The lowest BCUT2D eigenvalue weighted by atomic mass is 10.2. The summed E-state index contributed by atoms with van der Waals surface area (Å²) in [6.45, 7) is 2.18. The zero-order valence-electron chi connectivity index (χ0n) is 12.2. The van der Waals surface area contributed by atoms with Crippen LogP contribution in [0.3, 0.4) is 0 Å². The molecule has 0 bridgehead atoms. The molecule has 0 unspecified atom stereocenters. The summed E-state index contributed by atoms with van der Waals surface area (Å²) in [7, 11) is 0. The van der Waals surface area contributed by atoms with E-state index in [9.17, 15) is 18.0 Å². The molecule has 1 aromatic carbocycles. The predicted octanol–water partition coefficient (Wildman–Crippen LogP) is 2.77.